The molecule has 1 heterocycles. The Labute approximate surface area is 108 Å². The number of anilines is 2. The van der Waals surface area contributed by atoms with Gasteiger partial charge in [-0.3, -0.25) is 4.98 Å². The molecule has 0 spiro atoms. The molecule has 2 rings (SSSR count). The monoisotopic (exact) mass is 296 g/mol. The van der Waals surface area contributed by atoms with Crippen LogP contribution < -0.4 is 5.32 Å². The van der Waals surface area contributed by atoms with Gasteiger partial charge in [0.15, 0.2) is 0 Å². The summed E-state index contributed by atoms with van der Waals surface area (Å²) in [5.74, 6) is 0. The zero-order valence-electron chi connectivity index (χ0n) is 8.67. The summed E-state index contributed by atoms with van der Waals surface area (Å²) in [5.41, 5.74) is 2.95. The van der Waals surface area contributed by atoms with Gasteiger partial charge in [-0.2, -0.15) is 0 Å². The smallest absolute Gasteiger partial charge is 0.0582 e. The minimum atomic E-state index is 0.757. The Morgan fingerprint density at radius 1 is 1.31 bits per heavy atom. The maximum atomic E-state index is 6.05. The van der Waals surface area contributed by atoms with Crippen LogP contribution in [0.3, 0.4) is 0 Å². The van der Waals surface area contributed by atoms with E-state index in [0.29, 0.717) is 0 Å². The number of hydrogen-bond donors (Lipinski definition) is 1. The lowest BCUT2D eigenvalue weighted by Gasteiger charge is -2.10. The number of rotatable bonds is 2. The minimum absolute atomic E-state index is 0.757. The summed E-state index contributed by atoms with van der Waals surface area (Å²) in [6.45, 7) is 1.98. The quantitative estimate of drug-likeness (QED) is 0.879. The van der Waals surface area contributed by atoms with Crippen LogP contribution in [0.15, 0.2) is 41.1 Å². The van der Waals surface area contributed by atoms with Crippen molar-refractivity contribution in [3.63, 3.8) is 0 Å². The summed E-state index contributed by atoms with van der Waals surface area (Å²) < 4.78 is 0.942. The highest BCUT2D eigenvalue weighted by Gasteiger charge is 2.02. The molecule has 2 aromatic rings. The molecule has 1 aromatic carbocycles. The highest BCUT2D eigenvalue weighted by Crippen LogP contribution is 2.26. The van der Waals surface area contributed by atoms with Gasteiger partial charge >= 0.3 is 0 Å². The molecule has 4 heteroatoms. The normalized spacial score (nSPS) is 10.2. The zero-order valence-corrected chi connectivity index (χ0v) is 11.0. The van der Waals surface area contributed by atoms with Crippen LogP contribution in [-0.4, -0.2) is 4.98 Å². The van der Waals surface area contributed by atoms with Gasteiger partial charge in [-0.05, 0) is 46.6 Å². The van der Waals surface area contributed by atoms with Gasteiger partial charge in [0.05, 0.1) is 11.9 Å². The van der Waals surface area contributed by atoms with E-state index in [0.717, 1.165) is 26.4 Å². The van der Waals surface area contributed by atoms with E-state index in [1.807, 2.05) is 31.2 Å². The van der Waals surface area contributed by atoms with Gasteiger partial charge < -0.3 is 5.32 Å². The van der Waals surface area contributed by atoms with Crippen molar-refractivity contribution in [1.29, 1.82) is 0 Å². The van der Waals surface area contributed by atoms with E-state index in [1.54, 1.807) is 12.4 Å². The Morgan fingerprint density at radius 3 is 2.88 bits per heavy atom. The van der Waals surface area contributed by atoms with Crippen LogP contribution in [-0.2, 0) is 0 Å². The standard InChI is InChI=1S/C12H10BrClN2/c1-8-11(14)3-2-4-12(8)16-10-5-9(13)6-15-7-10/h2-7,16H,1H3. The van der Waals surface area contributed by atoms with Gasteiger partial charge in [-0.15, -0.1) is 0 Å². The van der Waals surface area contributed by atoms with E-state index in [1.165, 1.54) is 0 Å². The predicted molar refractivity (Wildman–Crippen MR) is 71.4 cm³/mol. The first-order valence-corrected chi connectivity index (χ1v) is 5.96. The van der Waals surface area contributed by atoms with Gasteiger partial charge in [-0.1, -0.05) is 17.7 Å². The first-order valence-electron chi connectivity index (χ1n) is 4.79. The topological polar surface area (TPSA) is 24.9 Å². The Bertz CT molecular complexity index is 514. The van der Waals surface area contributed by atoms with Crippen LogP contribution in [0.5, 0.6) is 0 Å². The molecular formula is C12H10BrClN2. The molecule has 2 nitrogen and oxygen atoms in total. The van der Waals surface area contributed by atoms with E-state index >= 15 is 0 Å². The first kappa shape index (κ1) is 11.4. The average Bonchev–Trinajstić information content (AvgIpc) is 2.25. The Balaban J connectivity index is 2.31. The molecule has 1 N–H and O–H groups in total. The molecule has 0 atom stereocenters. The number of aromatic nitrogens is 1. The molecule has 0 bridgehead atoms. The summed E-state index contributed by atoms with van der Waals surface area (Å²) >= 11 is 9.43. The van der Waals surface area contributed by atoms with Crippen molar-refractivity contribution in [2.24, 2.45) is 0 Å². The van der Waals surface area contributed by atoms with E-state index in [4.69, 9.17) is 11.6 Å². The molecule has 0 aliphatic carbocycles. The molecule has 0 radical (unpaired) electrons. The minimum Gasteiger partial charge on any atom is -0.354 e. The molecule has 0 unspecified atom stereocenters. The zero-order chi connectivity index (χ0) is 11.5. The summed E-state index contributed by atoms with van der Waals surface area (Å²) in [7, 11) is 0. The van der Waals surface area contributed by atoms with E-state index in [-0.39, 0.29) is 0 Å². The molecule has 0 aliphatic rings. The highest BCUT2D eigenvalue weighted by molar-refractivity contribution is 9.10. The lowest BCUT2D eigenvalue weighted by molar-refractivity contribution is 1.30. The van der Waals surface area contributed by atoms with Crippen LogP contribution in [0, 0.1) is 6.92 Å². The number of halogens is 2. The number of hydrogen-bond acceptors (Lipinski definition) is 2. The van der Waals surface area contributed by atoms with Crippen molar-refractivity contribution >= 4 is 38.9 Å². The van der Waals surface area contributed by atoms with Crippen molar-refractivity contribution in [3.05, 3.63) is 51.7 Å². The lowest BCUT2D eigenvalue weighted by Crippen LogP contribution is -1.94. The second-order valence-corrected chi connectivity index (χ2v) is 4.75. The largest absolute Gasteiger partial charge is 0.354 e. The molecule has 0 saturated carbocycles. The van der Waals surface area contributed by atoms with E-state index < -0.39 is 0 Å². The van der Waals surface area contributed by atoms with Crippen LogP contribution in [0.2, 0.25) is 5.02 Å². The summed E-state index contributed by atoms with van der Waals surface area (Å²) in [5, 5.41) is 4.03. The van der Waals surface area contributed by atoms with Gasteiger partial charge in [0.2, 0.25) is 0 Å². The molecule has 1 aromatic heterocycles. The fourth-order valence-corrected chi connectivity index (χ4v) is 1.92. The van der Waals surface area contributed by atoms with Crippen LogP contribution in [0.25, 0.3) is 0 Å². The Kier molecular flexibility index (Phi) is 3.46. The van der Waals surface area contributed by atoms with Crippen LogP contribution >= 0.6 is 27.5 Å². The van der Waals surface area contributed by atoms with Gasteiger partial charge in [0.25, 0.3) is 0 Å². The second-order valence-electron chi connectivity index (χ2n) is 3.43. The van der Waals surface area contributed by atoms with Gasteiger partial charge in [-0.25, -0.2) is 0 Å². The van der Waals surface area contributed by atoms with Crippen molar-refractivity contribution in [3.8, 4) is 0 Å². The summed E-state index contributed by atoms with van der Waals surface area (Å²) in [6.07, 6.45) is 3.51. The lowest BCUT2D eigenvalue weighted by atomic mass is 10.2. The molecule has 0 aliphatic heterocycles. The van der Waals surface area contributed by atoms with Crippen molar-refractivity contribution in [1.82, 2.24) is 4.98 Å². The third kappa shape index (κ3) is 2.54. The van der Waals surface area contributed by atoms with Gasteiger partial charge in [0.1, 0.15) is 0 Å². The predicted octanol–water partition coefficient (Wildman–Crippen LogP) is 4.55. The highest BCUT2D eigenvalue weighted by atomic mass is 79.9. The van der Waals surface area contributed by atoms with Crippen molar-refractivity contribution < 1.29 is 0 Å². The van der Waals surface area contributed by atoms with Crippen LogP contribution in [0.1, 0.15) is 5.56 Å². The number of benzene rings is 1. The third-order valence-corrected chi connectivity index (χ3v) is 3.09. The average molecular weight is 298 g/mol. The van der Waals surface area contributed by atoms with E-state index in [2.05, 4.69) is 26.2 Å². The summed E-state index contributed by atoms with van der Waals surface area (Å²) in [6, 6.07) is 7.75. The van der Waals surface area contributed by atoms with Crippen molar-refractivity contribution in [2.45, 2.75) is 6.92 Å². The SMILES string of the molecule is Cc1c(Cl)cccc1Nc1cncc(Br)c1. The molecule has 0 saturated heterocycles. The maximum absolute atomic E-state index is 6.05. The fourth-order valence-electron chi connectivity index (χ4n) is 1.38. The number of nitrogens with zero attached hydrogens (tertiary/aromatic N) is 1. The molecule has 82 valence electrons. The second kappa shape index (κ2) is 4.85. The molecule has 0 amide bonds. The van der Waals surface area contributed by atoms with Crippen molar-refractivity contribution in [2.75, 3.05) is 5.32 Å². The molecule has 0 fully saturated rings. The number of nitrogens with one attached hydrogen (secondary N) is 1. The third-order valence-electron chi connectivity index (χ3n) is 2.25. The van der Waals surface area contributed by atoms with E-state index in [9.17, 15) is 0 Å². The summed E-state index contributed by atoms with van der Waals surface area (Å²) in [4.78, 5) is 4.09. The molecule has 16 heavy (non-hydrogen) atoms. The Hall–Kier alpha value is -1.06. The fraction of sp³-hybridized carbons (Fsp3) is 0.0833. The van der Waals surface area contributed by atoms with Crippen LogP contribution in [0.4, 0.5) is 11.4 Å². The molecular weight excluding hydrogens is 288 g/mol. The van der Waals surface area contributed by atoms with Gasteiger partial charge in [0, 0.05) is 21.4 Å². The number of pyridine rings is 1. The maximum Gasteiger partial charge on any atom is 0.0582 e. The Morgan fingerprint density at radius 2 is 2.12 bits per heavy atom. The first-order chi connectivity index (χ1) is 7.66.